The van der Waals surface area contributed by atoms with Gasteiger partial charge in [-0.3, -0.25) is 9.69 Å². The van der Waals surface area contributed by atoms with Gasteiger partial charge in [0.05, 0.1) is 4.91 Å². The molecule has 1 unspecified atom stereocenters. The summed E-state index contributed by atoms with van der Waals surface area (Å²) in [5.41, 5.74) is 6.95. The Morgan fingerprint density at radius 1 is 1.03 bits per heavy atom. The Kier molecular flexibility index (Phi) is 6.06. The van der Waals surface area contributed by atoms with Crippen LogP contribution in [0.3, 0.4) is 0 Å². The molecule has 2 aliphatic rings. The maximum atomic E-state index is 13.0. The highest BCUT2D eigenvalue weighted by atomic mass is 32.2. The lowest BCUT2D eigenvalue weighted by atomic mass is 9.79. The number of fused-ring (bicyclic) bond motifs is 1. The largest absolute Gasteiger partial charge is 0.369 e. The number of rotatable bonds is 3. The first-order valence-corrected chi connectivity index (χ1v) is 12.9. The third kappa shape index (κ3) is 4.41. The van der Waals surface area contributed by atoms with Crippen molar-refractivity contribution in [2.75, 3.05) is 16.8 Å². The van der Waals surface area contributed by atoms with E-state index in [1.54, 1.807) is 0 Å². The number of nitrogens with zero attached hydrogens (tertiary/aromatic N) is 3. The molecule has 2 aliphatic heterocycles. The van der Waals surface area contributed by atoms with Crippen molar-refractivity contribution >= 4 is 46.0 Å². The summed E-state index contributed by atoms with van der Waals surface area (Å²) in [7, 11) is 2.18. The van der Waals surface area contributed by atoms with Crippen LogP contribution in [0.5, 0.6) is 0 Å². The Balaban J connectivity index is 1.50. The molecule has 3 aromatic rings. The third-order valence-electron chi connectivity index (χ3n) is 7.14. The van der Waals surface area contributed by atoms with Gasteiger partial charge in [0.25, 0.3) is 5.91 Å². The molecule has 0 saturated heterocycles. The zero-order chi connectivity index (χ0) is 24.7. The van der Waals surface area contributed by atoms with Crippen LogP contribution in [0.4, 0.5) is 17.1 Å². The van der Waals surface area contributed by atoms with Crippen molar-refractivity contribution in [2.24, 2.45) is 4.99 Å². The van der Waals surface area contributed by atoms with Crippen molar-refractivity contribution in [1.29, 1.82) is 0 Å². The Morgan fingerprint density at radius 3 is 2.23 bits per heavy atom. The van der Waals surface area contributed by atoms with Crippen molar-refractivity contribution in [3.05, 3.63) is 94.4 Å². The summed E-state index contributed by atoms with van der Waals surface area (Å²) >= 11 is 1.44. The maximum Gasteiger partial charge on any atom is 0.286 e. The van der Waals surface area contributed by atoms with E-state index in [0.29, 0.717) is 16.0 Å². The van der Waals surface area contributed by atoms with Gasteiger partial charge in [-0.1, -0.05) is 43.3 Å². The average molecular weight is 482 g/mol. The number of para-hydroxylation sites is 2. The molecule has 4 nitrogen and oxygen atoms in total. The van der Waals surface area contributed by atoms with Gasteiger partial charge in [0.2, 0.25) is 0 Å². The Hall–Kier alpha value is -3.31. The van der Waals surface area contributed by atoms with Crippen LogP contribution in [-0.2, 0) is 4.79 Å². The number of benzene rings is 3. The SMILES string of the molecule is Cc1cc2c(cc1C=C1SC(N(c3ccccc3)c3ccccc3)=NC1=O)C(C)CC(C)(C)N2C. The summed E-state index contributed by atoms with van der Waals surface area (Å²) < 4.78 is 0. The van der Waals surface area contributed by atoms with Gasteiger partial charge in [0.1, 0.15) is 0 Å². The van der Waals surface area contributed by atoms with Crippen LogP contribution >= 0.6 is 11.8 Å². The van der Waals surface area contributed by atoms with E-state index in [9.17, 15) is 4.79 Å². The second kappa shape index (κ2) is 9.04. The van der Waals surface area contributed by atoms with E-state index in [-0.39, 0.29) is 11.4 Å². The van der Waals surface area contributed by atoms with Crippen LogP contribution in [0.2, 0.25) is 0 Å². The molecular formula is C30H31N3OS. The molecule has 1 amide bonds. The maximum absolute atomic E-state index is 13.0. The van der Waals surface area contributed by atoms with E-state index < -0.39 is 0 Å². The third-order valence-corrected chi connectivity index (χ3v) is 8.11. The Bertz CT molecular complexity index is 1290. The standard InChI is InChI=1S/C30H31N3OS/c1-20-16-26-25(21(2)19-30(3,4)32(26)5)17-22(20)18-27-28(34)31-29(35-27)33(23-12-8-6-9-13-23)24-14-10-7-11-15-24/h6-18,21H,19H2,1-5H3. The lowest BCUT2D eigenvalue weighted by Crippen LogP contribution is -2.45. The van der Waals surface area contributed by atoms with E-state index in [1.165, 1.54) is 23.0 Å². The van der Waals surface area contributed by atoms with Crippen molar-refractivity contribution < 1.29 is 4.79 Å². The van der Waals surface area contributed by atoms with Crippen molar-refractivity contribution in [2.45, 2.75) is 45.6 Å². The lowest BCUT2D eigenvalue weighted by molar-refractivity contribution is -0.113. The van der Waals surface area contributed by atoms with Crippen LogP contribution in [0.25, 0.3) is 6.08 Å². The molecule has 0 aromatic heterocycles. The van der Waals surface area contributed by atoms with Crippen molar-refractivity contribution in [1.82, 2.24) is 0 Å². The highest BCUT2D eigenvalue weighted by Crippen LogP contribution is 2.44. The number of aliphatic imine (C=N–C) groups is 1. The number of hydrogen-bond donors (Lipinski definition) is 0. The Labute approximate surface area is 212 Å². The number of carbonyl (C=O) groups is 1. The second-order valence-corrected chi connectivity index (χ2v) is 11.1. The predicted molar refractivity (Wildman–Crippen MR) is 150 cm³/mol. The number of hydrogen-bond acceptors (Lipinski definition) is 4. The number of amides is 1. The molecule has 1 atom stereocenters. The lowest BCUT2D eigenvalue weighted by Gasteiger charge is -2.45. The molecular weight excluding hydrogens is 450 g/mol. The first kappa shape index (κ1) is 23.4. The van der Waals surface area contributed by atoms with Crippen molar-refractivity contribution in [3.63, 3.8) is 0 Å². The van der Waals surface area contributed by atoms with Gasteiger partial charge in [-0.25, -0.2) is 0 Å². The van der Waals surface area contributed by atoms with Gasteiger partial charge in [-0.15, -0.1) is 0 Å². The van der Waals surface area contributed by atoms with Gasteiger partial charge in [0.15, 0.2) is 5.17 Å². The van der Waals surface area contributed by atoms with E-state index in [1.807, 2.05) is 71.6 Å². The smallest absolute Gasteiger partial charge is 0.286 e. The molecule has 3 aromatic carbocycles. The molecule has 178 valence electrons. The van der Waals surface area contributed by atoms with Crippen LogP contribution in [0.15, 0.2) is 82.7 Å². The van der Waals surface area contributed by atoms with Crippen LogP contribution < -0.4 is 9.80 Å². The van der Waals surface area contributed by atoms with Crippen LogP contribution in [-0.4, -0.2) is 23.7 Å². The first-order chi connectivity index (χ1) is 16.7. The minimum absolute atomic E-state index is 0.122. The van der Waals surface area contributed by atoms with Crippen LogP contribution in [0.1, 0.15) is 49.8 Å². The second-order valence-electron chi connectivity index (χ2n) is 10.1. The average Bonchev–Trinajstić information content (AvgIpc) is 3.19. The summed E-state index contributed by atoms with van der Waals surface area (Å²) in [5, 5.41) is 0.670. The molecule has 0 spiro atoms. The summed E-state index contributed by atoms with van der Waals surface area (Å²) in [6, 6.07) is 24.7. The normalized spacial score (nSPS) is 20.1. The zero-order valence-corrected chi connectivity index (χ0v) is 21.8. The van der Waals surface area contributed by atoms with E-state index >= 15 is 0 Å². The summed E-state index contributed by atoms with van der Waals surface area (Å²) in [5.74, 6) is 0.268. The van der Waals surface area contributed by atoms with E-state index in [2.05, 4.69) is 56.8 Å². The molecule has 5 heteroatoms. The number of thioether (sulfide) groups is 1. The topological polar surface area (TPSA) is 35.9 Å². The van der Waals surface area contributed by atoms with Gasteiger partial charge in [-0.05, 0) is 104 Å². The number of aryl methyl sites for hydroxylation is 1. The first-order valence-electron chi connectivity index (χ1n) is 12.1. The molecule has 0 N–H and O–H groups in total. The van der Waals surface area contributed by atoms with Crippen molar-refractivity contribution in [3.8, 4) is 0 Å². The molecule has 0 fully saturated rings. The van der Waals surface area contributed by atoms with E-state index in [0.717, 1.165) is 28.9 Å². The number of carbonyl (C=O) groups excluding carboxylic acids is 1. The zero-order valence-electron chi connectivity index (χ0n) is 20.9. The Morgan fingerprint density at radius 2 is 1.63 bits per heavy atom. The fourth-order valence-electron chi connectivity index (χ4n) is 5.05. The highest BCUT2D eigenvalue weighted by Gasteiger charge is 2.35. The number of amidine groups is 1. The van der Waals surface area contributed by atoms with Crippen LogP contribution in [0, 0.1) is 6.92 Å². The highest BCUT2D eigenvalue weighted by molar-refractivity contribution is 8.18. The van der Waals surface area contributed by atoms with Gasteiger partial charge < -0.3 is 4.90 Å². The summed E-state index contributed by atoms with van der Waals surface area (Å²) in [4.78, 5) is 22.6. The fraction of sp³-hybridized carbons (Fsp3) is 0.267. The van der Waals surface area contributed by atoms with Gasteiger partial charge in [0, 0.05) is 29.6 Å². The van der Waals surface area contributed by atoms with Gasteiger partial charge >= 0.3 is 0 Å². The minimum Gasteiger partial charge on any atom is -0.369 e. The minimum atomic E-state index is -0.190. The monoisotopic (exact) mass is 481 g/mol. The molecule has 0 radical (unpaired) electrons. The summed E-state index contributed by atoms with van der Waals surface area (Å²) in [6.07, 6.45) is 3.11. The summed E-state index contributed by atoms with van der Waals surface area (Å²) in [6.45, 7) is 9.03. The molecule has 0 aliphatic carbocycles. The molecule has 5 rings (SSSR count). The fourth-order valence-corrected chi connectivity index (χ4v) is 6.00. The quantitative estimate of drug-likeness (QED) is 0.362. The molecule has 0 bridgehead atoms. The van der Waals surface area contributed by atoms with E-state index in [4.69, 9.17) is 0 Å². The predicted octanol–water partition coefficient (Wildman–Crippen LogP) is 7.53. The van der Waals surface area contributed by atoms with Gasteiger partial charge in [-0.2, -0.15) is 4.99 Å². The number of anilines is 3. The molecule has 2 heterocycles. The molecule has 35 heavy (non-hydrogen) atoms. The molecule has 0 saturated carbocycles.